The van der Waals surface area contributed by atoms with Crippen molar-refractivity contribution in [3.63, 3.8) is 0 Å². The van der Waals surface area contributed by atoms with Gasteiger partial charge in [0, 0.05) is 31.5 Å². The molecule has 0 bridgehead atoms. The molecule has 0 aromatic heterocycles. The highest BCUT2D eigenvalue weighted by Crippen LogP contribution is 2.36. The number of piperidine rings is 1. The first-order valence-corrected chi connectivity index (χ1v) is 6.70. The molecule has 108 valence electrons. The van der Waals surface area contributed by atoms with Crippen LogP contribution in [0.4, 0.5) is 15.8 Å². The largest absolute Gasteiger partial charge is 0.380 e. The van der Waals surface area contributed by atoms with Crippen LogP contribution < -0.4 is 10.2 Å². The van der Waals surface area contributed by atoms with Crippen molar-refractivity contribution in [1.29, 1.82) is 0 Å². The second-order valence-corrected chi connectivity index (χ2v) is 5.23. The van der Waals surface area contributed by atoms with Gasteiger partial charge in [0.15, 0.2) is 6.10 Å². The average molecular weight is 280 g/mol. The van der Waals surface area contributed by atoms with Crippen LogP contribution in [0, 0.1) is 5.82 Å². The number of aliphatic hydroxyl groups is 1. The maximum absolute atomic E-state index is 14.2. The molecule has 1 saturated heterocycles. The number of carbonyl (C=O) groups is 1. The molecule has 2 heterocycles. The van der Waals surface area contributed by atoms with Crippen molar-refractivity contribution in [2.45, 2.75) is 25.0 Å². The molecule has 1 fully saturated rings. The monoisotopic (exact) mass is 280 g/mol. The van der Waals surface area contributed by atoms with E-state index in [0.717, 1.165) is 19.4 Å². The summed E-state index contributed by atoms with van der Waals surface area (Å²) in [6.45, 7) is 1.38. The lowest BCUT2D eigenvalue weighted by molar-refractivity contribution is -0.123. The van der Waals surface area contributed by atoms with Crippen LogP contribution in [0.1, 0.15) is 24.5 Å². The first-order valence-electron chi connectivity index (χ1n) is 6.70. The third kappa shape index (κ3) is 2.14. The molecule has 0 saturated carbocycles. The van der Waals surface area contributed by atoms with Crippen LogP contribution in [0.15, 0.2) is 12.1 Å². The lowest BCUT2D eigenvalue weighted by Gasteiger charge is -2.34. The number of ether oxygens (including phenoxy) is 1. The average Bonchev–Trinajstić information content (AvgIpc) is 2.73. The predicted octanol–water partition coefficient (Wildman–Crippen LogP) is 1.43. The number of nitrogens with zero attached hydrogens (tertiary/aromatic N) is 1. The van der Waals surface area contributed by atoms with E-state index in [0.29, 0.717) is 23.5 Å². The van der Waals surface area contributed by atoms with Crippen molar-refractivity contribution in [2.24, 2.45) is 0 Å². The fourth-order valence-corrected chi connectivity index (χ4v) is 2.85. The number of hydrogen-bond donors (Lipinski definition) is 2. The van der Waals surface area contributed by atoms with Crippen molar-refractivity contribution in [3.8, 4) is 0 Å². The highest BCUT2D eigenvalue weighted by molar-refractivity contribution is 6.02. The Labute approximate surface area is 116 Å². The molecule has 1 aromatic carbocycles. The van der Waals surface area contributed by atoms with E-state index < -0.39 is 17.8 Å². The number of fused-ring (bicyclic) bond motifs is 1. The minimum atomic E-state index is -1.28. The molecule has 2 N–H and O–H groups in total. The molecule has 20 heavy (non-hydrogen) atoms. The molecular formula is C14H17FN2O3. The van der Waals surface area contributed by atoms with Gasteiger partial charge in [-0.1, -0.05) is 0 Å². The number of halogens is 1. The van der Waals surface area contributed by atoms with Gasteiger partial charge in [0.25, 0.3) is 5.91 Å². The summed E-state index contributed by atoms with van der Waals surface area (Å²) in [4.78, 5) is 13.3. The third-order valence-corrected chi connectivity index (χ3v) is 3.97. The second kappa shape index (κ2) is 5.03. The smallest absolute Gasteiger partial charge is 0.257 e. The zero-order valence-electron chi connectivity index (χ0n) is 11.2. The Balaban J connectivity index is 1.91. The van der Waals surface area contributed by atoms with Crippen molar-refractivity contribution in [2.75, 3.05) is 30.4 Å². The van der Waals surface area contributed by atoms with Crippen molar-refractivity contribution < 1.29 is 19.0 Å². The Kier molecular flexibility index (Phi) is 3.35. The minimum absolute atomic E-state index is 0.0941. The summed E-state index contributed by atoms with van der Waals surface area (Å²) < 4.78 is 19.6. The lowest BCUT2D eigenvalue weighted by atomic mass is 10.0. The van der Waals surface area contributed by atoms with Crippen LogP contribution in [0.3, 0.4) is 0 Å². The van der Waals surface area contributed by atoms with Crippen molar-refractivity contribution in [1.82, 2.24) is 0 Å². The number of carbonyl (C=O) groups excluding carboxylic acids is 1. The summed E-state index contributed by atoms with van der Waals surface area (Å²) in [5.74, 6) is -0.930. The molecule has 2 unspecified atom stereocenters. The number of anilines is 2. The van der Waals surface area contributed by atoms with Gasteiger partial charge in [-0.15, -0.1) is 0 Å². The molecule has 2 aliphatic heterocycles. The van der Waals surface area contributed by atoms with Crippen LogP contribution in [0.5, 0.6) is 0 Å². The van der Waals surface area contributed by atoms with E-state index in [-0.39, 0.29) is 6.10 Å². The van der Waals surface area contributed by atoms with Gasteiger partial charge in [-0.2, -0.15) is 0 Å². The van der Waals surface area contributed by atoms with E-state index in [4.69, 9.17) is 4.74 Å². The molecule has 1 amide bonds. The number of rotatable bonds is 2. The Morgan fingerprint density at radius 3 is 3.05 bits per heavy atom. The Morgan fingerprint density at radius 1 is 1.50 bits per heavy atom. The van der Waals surface area contributed by atoms with Gasteiger partial charge >= 0.3 is 0 Å². The summed E-state index contributed by atoms with van der Waals surface area (Å²) in [5.41, 5.74) is 1.23. The summed E-state index contributed by atoms with van der Waals surface area (Å²) >= 11 is 0. The molecule has 2 aliphatic rings. The Morgan fingerprint density at radius 2 is 2.30 bits per heavy atom. The van der Waals surface area contributed by atoms with Gasteiger partial charge in [0.1, 0.15) is 5.82 Å². The molecule has 6 heteroatoms. The second-order valence-electron chi connectivity index (χ2n) is 5.23. The highest BCUT2D eigenvalue weighted by atomic mass is 19.1. The first kappa shape index (κ1) is 13.3. The molecule has 0 radical (unpaired) electrons. The number of amides is 1. The van der Waals surface area contributed by atoms with Crippen LogP contribution >= 0.6 is 0 Å². The van der Waals surface area contributed by atoms with E-state index in [2.05, 4.69) is 5.32 Å². The number of nitrogens with one attached hydrogen (secondary N) is 1. The molecule has 0 spiro atoms. The number of hydrogen-bond acceptors (Lipinski definition) is 4. The van der Waals surface area contributed by atoms with E-state index in [9.17, 15) is 14.3 Å². The van der Waals surface area contributed by atoms with E-state index >= 15 is 0 Å². The van der Waals surface area contributed by atoms with Crippen molar-refractivity contribution in [3.05, 3.63) is 23.5 Å². The van der Waals surface area contributed by atoms with Gasteiger partial charge in [0.05, 0.1) is 11.8 Å². The molecule has 1 aromatic rings. The normalized spacial score (nSPS) is 25.6. The quantitative estimate of drug-likeness (QED) is 0.860. The fourth-order valence-electron chi connectivity index (χ4n) is 2.85. The SMILES string of the molecule is COC1CCCN(c2cc3c(cc2F)C(O)C(=O)N3)C1. The molecular weight excluding hydrogens is 263 g/mol. The Hall–Kier alpha value is -1.66. The van der Waals surface area contributed by atoms with Crippen LogP contribution in [0.25, 0.3) is 0 Å². The van der Waals surface area contributed by atoms with Crippen LogP contribution in [-0.2, 0) is 9.53 Å². The summed E-state index contributed by atoms with van der Waals surface area (Å²) in [7, 11) is 1.66. The minimum Gasteiger partial charge on any atom is -0.380 e. The summed E-state index contributed by atoms with van der Waals surface area (Å²) in [6.07, 6.45) is 0.720. The maximum atomic E-state index is 14.2. The lowest BCUT2D eigenvalue weighted by Crippen LogP contribution is -2.39. The summed E-state index contributed by atoms with van der Waals surface area (Å²) in [6, 6.07) is 2.83. The van der Waals surface area contributed by atoms with Gasteiger partial charge in [-0.3, -0.25) is 4.79 Å². The number of aliphatic hydroxyl groups excluding tert-OH is 1. The fraction of sp³-hybridized carbons (Fsp3) is 0.500. The first-order chi connectivity index (χ1) is 9.60. The zero-order chi connectivity index (χ0) is 14.3. The van der Waals surface area contributed by atoms with Crippen LogP contribution in [0.2, 0.25) is 0 Å². The van der Waals surface area contributed by atoms with E-state index in [1.165, 1.54) is 6.07 Å². The molecule has 0 aliphatic carbocycles. The van der Waals surface area contributed by atoms with E-state index in [1.54, 1.807) is 13.2 Å². The van der Waals surface area contributed by atoms with Gasteiger partial charge in [0.2, 0.25) is 0 Å². The standard InChI is InChI=1S/C14H17FN2O3/c1-20-8-3-2-4-17(7-8)12-6-11-9(5-10(12)15)13(18)14(19)16-11/h5-6,8,13,18H,2-4,7H2,1H3,(H,16,19). The van der Waals surface area contributed by atoms with E-state index in [1.807, 2.05) is 4.90 Å². The number of methoxy groups -OCH3 is 1. The number of benzene rings is 1. The highest BCUT2D eigenvalue weighted by Gasteiger charge is 2.31. The molecule has 5 nitrogen and oxygen atoms in total. The predicted molar refractivity (Wildman–Crippen MR) is 72.2 cm³/mol. The summed E-state index contributed by atoms with van der Waals surface area (Å²) in [5, 5.41) is 12.2. The van der Waals surface area contributed by atoms with Gasteiger partial charge < -0.3 is 20.1 Å². The zero-order valence-corrected chi connectivity index (χ0v) is 11.2. The topological polar surface area (TPSA) is 61.8 Å². The van der Waals surface area contributed by atoms with Crippen LogP contribution in [-0.4, -0.2) is 37.3 Å². The molecule has 3 rings (SSSR count). The van der Waals surface area contributed by atoms with Gasteiger partial charge in [-0.25, -0.2) is 4.39 Å². The maximum Gasteiger partial charge on any atom is 0.257 e. The molecule has 2 atom stereocenters. The van der Waals surface area contributed by atoms with Gasteiger partial charge in [-0.05, 0) is 25.0 Å². The van der Waals surface area contributed by atoms with Crippen molar-refractivity contribution >= 4 is 17.3 Å². The Bertz CT molecular complexity index is 549. The third-order valence-electron chi connectivity index (χ3n) is 3.97.